The smallest absolute Gasteiger partial charge is 0.341 e. The van der Waals surface area contributed by atoms with Gasteiger partial charge in [-0.2, -0.15) is 5.10 Å². The van der Waals surface area contributed by atoms with Gasteiger partial charge in [-0.05, 0) is 25.1 Å². The molecule has 0 aliphatic carbocycles. The van der Waals surface area contributed by atoms with Crippen LogP contribution in [0.3, 0.4) is 0 Å². The molecule has 6 heteroatoms. The average molecular weight is 279 g/mol. The average Bonchev–Trinajstić information content (AvgIpc) is 2.88. The molecular formula is C13H11ClN2O3. The predicted octanol–water partition coefficient (Wildman–Crippen LogP) is 2.51. The zero-order valence-electron chi connectivity index (χ0n) is 10.2. The van der Waals surface area contributed by atoms with Gasteiger partial charge >= 0.3 is 5.97 Å². The number of carbonyl (C=O) groups is 2. The number of carbonyl (C=O) groups excluding carboxylic acids is 2. The lowest BCUT2D eigenvalue weighted by Gasteiger charge is -2.05. The molecule has 0 radical (unpaired) electrons. The maximum Gasteiger partial charge on any atom is 0.341 e. The van der Waals surface area contributed by atoms with Gasteiger partial charge in [0.05, 0.1) is 24.1 Å². The van der Waals surface area contributed by atoms with E-state index >= 15 is 0 Å². The van der Waals surface area contributed by atoms with Gasteiger partial charge in [-0.15, -0.1) is 0 Å². The van der Waals surface area contributed by atoms with Gasteiger partial charge in [-0.25, -0.2) is 9.48 Å². The van der Waals surface area contributed by atoms with E-state index in [1.165, 1.54) is 17.1 Å². The molecule has 2 aromatic rings. The summed E-state index contributed by atoms with van der Waals surface area (Å²) in [6.07, 6.45) is 3.58. The molecule has 1 heterocycles. The molecule has 98 valence electrons. The highest BCUT2D eigenvalue weighted by molar-refractivity contribution is 6.30. The second kappa shape index (κ2) is 5.67. The van der Waals surface area contributed by atoms with Crippen molar-refractivity contribution >= 4 is 23.9 Å². The van der Waals surface area contributed by atoms with E-state index in [1.54, 1.807) is 25.1 Å². The molecule has 0 unspecified atom stereocenters. The van der Waals surface area contributed by atoms with Crippen LogP contribution in [0.5, 0.6) is 0 Å². The Morgan fingerprint density at radius 3 is 3.00 bits per heavy atom. The molecule has 0 amide bonds. The van der Waals surface area contributed by atoms with Crippen LogP contribution in [0.25, 0.3) is 5.69 Å². The molecule has 0 aliphatic rings. The summed E-state index contributed by atoms with van der Waals surface area (Å²) in [7, 11) is 0. The maximum absolute atomic E-state index is 11.5. The van der Waals surface area contributed by atoms with Gasteiger partial charge in [0, 0.05) is 16.8 Å². The molecule has 0 saturated heterocycles. The number of hydrogen-bond acceptors (Lipinski definition) is 4. The number of hydrogen-bond donors (Lipinski definition) is 0. The Balaban J connectivity index is 2.40. The van der Waals surface area contributed by atoms with E-state index < -0.39 is 5.97 Å². The molecule has 1 aromatic heterocycles. The molecule has 0 atom stereocenters. The minimum atomic E-state index is -0.455. The summed E-state index contributed by atoms with van der Waals surface area (Å²) >= 11 is 5.89. The first kappa shape index (κ1) is 13.3. The van der Waals surface area contributed by atoms with Crippen LogP contribution in [0.15, 0.2) is 30.6 Å². The molecule has 0 fully saturated rings. The van der Waals surface area contributed by atoms with Gasteiger partial charge in [0.25, 0.3) is 0 Å². The van der Waals surface area contributed by atoms with Crippen LogP contribution < -0.4 is 0 Å². The molecule has 0 bridgehead atoms. The highest BCUT2D eigenvalue weighted by Crippen LogP contribution is 2.19. The Kier molecular flexibility index (Phi) is 3.97. The third-order valence-electron chi connectivity index (χ3n) is 2.46. The van der Waals surface area contributed by atoms with Crippen molar-refractivity contribution < 1.29 is 14.3 Å². The normalized spacial score (nSPS) is 10.2. The van der Waals surface area contributed by atoms with Crippen LogP contribution in [0.1, 0.15) is 27.6 Å². The highest BCUT2D eigenvalue weighted by Gasteiger charge is 2.12. The summed E-state index contributed by atoms with van der Waals surface area (Å²) in [6.45, 7) is 2.02. The number of ether oxygens (including phenoxy) is 1. The van der Waals surface area contributed by atoms with Crippen LogP contribution in [-0.4, -0.2) is 28.6 Å². The van der Waals surface area contributed by atoms with Crippen molar-refractivity contribution in [3.8, 4) is 5.69 Å². The molecular weight excluding hydrogens is 268 g/mol. The van der Waals surface area contributed by atoms with Crippen LogP contribution in [0, 0.1) is 0 Å². The third-order valence-corrected chi connectivity index (χ3v) is 2.70. The van der Waals surface area contributed by atoms with E-state index in [4.69, 9.17) is 16.3 Å². The lowest BCUT2D eigenvalue weighted by Crippen LogP contribution is -2.03. The summed E-state index contributed by atoms with van der Waals surface area (Å²) in [5, 5.41) is 4.52. The van der Waals surface area contributed by atoms with Gasteiger partial charge in [-0.3, -0.25) is 4.79 Å². The summed E-state index contributed by atoms with van der Waals surface area (Å²) < 4.78 is 6.29. The number of rotatable bonds is 4. The molecule has 1 aromatic carbocycles. The molecule has 0 spiro atoms. The van der Waals surface area contributed by atoms with Crippen molar-refractivity contribution in [1.29, 1.82) is 0 Å². The van der Waals surface area contributed by atoms with Crippen molar-refractivity contribution in [3.05, 3.63) is 46.7 Å². The van der Waals surface area contributed by atoms with Gasteiger partial charge in [0.1, 0.15) is 0 Å². The fraction of sp³-hybridized carbons (Fsp3) is 0.154. The van der Waals surface area contributed by atoms with Crippen LogP contribution in [0.2, 0.25) is 5.02 Å². The largest absolute Gasteiger partial charge is 0.462 e. The van der Waals surface area contributed by atoms with Gasteiger partial charge in [-0.1, -0.05) is 11.6 Å². The van der Waals surface area contributed by atoms with Crippen molar-refractivity contribution in [2.24, 2.45) is 0 Å². The van der Waals surface area contributed by atoms with Gasteiger partial charge in [0.2, 0.25) is 0 Å². The van der Waals surface area contributed by atoms with E-state index in [0.29, 0.717) is 34.7 Å². The minimum Gasteiger partial charge on any atom is -0.462 e. The van der Waals surface area contributed by atoms with E-state index in [-0.39, 0.29) is 0 Å². The van der Waals surface area contributed by atoms with Crippen molar-refractivity contribution in [1.82, 2.24) is 9.78 Å². The Bertz CT molecular complexity index is 622. The first-order valence-corrected chi connectivity index (χ1v) is 6.00. The molecule has 0 saturated carbocycles. The Morgan fingerprint density at radius 1 is 1.53 bits per heavy atom. The zero-order chi connectivity index (χ0) is 13.8. The molecule has 2 rings (SSSR count). The predicted molar refractivity (Wildman–Crippen MR) is 69.9 cm³/mol. The van der Waals surface area contributed by atoms with Crippen LogP contribution >= 0.6 is 11.6 Å². The first-order valence-electron chi connectivity index (χ1n) is 5.62. The lowest BCUT2D eigenvalue weighted by atomic mass is 10.2. The molecule has 0 aliphatic heterocycles. The lowest BCUT2D eigenvalue weighted by molar-refractivity contribution is 0.0526. The van der Waals surface area contributed by atoms with Crippen LogP contribution in [-0.2, 0) is 4.74 Å². The standard InChI is InChI=1S/C13H11ClN2O3/c1-2-19-13(18)10-6-15-16(7-10)12-5-11(14)4-3-9(12)8-17/h3-8H,2H2,1H3. The number of nitrogens with zero attached hydrogens (tertiary/aromatic N) is 2. The van der Waals surface area contributed by atoms with Crippen LogP contribution in [0.4, 0.5) is 0 Å². The summed E-state index contributed by atoms with van der Waals surface area (Å²) in [5.41, 5.74) is 1.26. The monoisotopic (exact) mass is 278 g/mol. The minimum absolute atomic E-state index is 0.292. The molecule has 0 N–H and O–H groups in total. The Morgan fingerprint density at radius 2 is 2.32 bits per heavy atom. The zero-order valence-corrected chi connectivity index (χ0v) is 10.9. The van der Waals surface area contributed by atoms with E-state index in [1.807, 2.05) is 0 Å². The van der Waals surface area contributed by atoms with E-state index in [2.05, 4.69) is 5.10 Å². The number of halogens is 1. The number of aromatic nitrogens is 2. The van der Waals surface area contributed by atoms with E-state index in [0.717, 1.165) is 0 Å². The number of esters is 1. The fourth-order valence-corrected chi connectivity index (χ4v) is 1.76. The number of benzene rings is 1. The maximum atomic E-state index is 11.5. The summed E-state index contributed by atoms with van der Waals surface area (Å²) in [5.74, 6) is -0.455. The third kappa shape index (κ3) is 2.82. The summed E-state index contributed by atoms with van der Waals surface area (Å²) in [4.78, 5) is 22.5. The quantitative estimate of drug-likeness (QED) is 0.637. The topological polar surface area (TPSA) is 61.2 Å². The van der Waals surface area contributed by atoms with Crippen molar-refractivity contribution in [3.63, 3.8) is 0 Å². The number of aldehydes is 1. The van der Waals surface area contributed by atoms with Crippen molar-refractivity contribution in [2.45, 2.75) is 6.92 Å². The second-order valence-corrected chi connectivity index (χ2v) is 4.15. The second-order valence-electron chi connectivity index (χ2n) is 3.72. The Hall–Kier alpha value is -2.14. The SMILES string of the molecule is CCOC(=O)c1cnn(-c2cc(Cl)ccc2C=O)c1. The highest BCUT2D eigenvalue weighted by atomic mass is 35.5. The van der Waals surface area contributed by atoms with Gasteiger partial charge in [0.15, 0.2) is 6.29 Å². The van der Waals surface area contributed by atoms with E-state index in [9.17, 15) is 9.59 Å². The molecule has 5 nitrogen and oxygen atoms in total. The first-order chi connectivity index (χ1) is 9.15. The fourth-order valence-electron chi connectivity index (χ4n) is 1.59. The Labute approximate surface area is 114 Å². The molecule has 19 heavy (non-hydrogen) atoms. The van der Waals surface area contributed by atoms with Crippen molar-refractivity contribution in [2.75, 3.05) is 6.61 Å². The van der Waals surface area contributed by atoms with Gasteiger partial charge < -0.3 is 4.74 Å². The summed E-state index contributed by atoms with van der Waals surface area (Å²) in [6, 6.07) is 4.81.